The Kier molecular flexibility index (Phi) is 9.05. The fraction of sp³-hybridized carbons (Fsp3) is 0.312. The topological polar surface area (TPSA) is 29.5 Å². The first-order valence-corrected chi connectivity index (χ1v) is 12.9. The van der Waals surface area contributed by atoms with Gasteiger partial charge in [0.05, 0.1) is 12.7 Å². The summed E-state index contributed by atoms with van der Waals surface area (Å²) >= 11 is 0. The predicted molar refractivity (Wildman–Crippen MR) is 143 cm³/mol. The van der Waals surface area contributed by atoms with E-state index in [2.05, 4.69) is 6.58 Å². The SMILES string of the molecule is C=CCCOc1ccc(CCc2ccc(C3=CCC(C4=CCC(C(C)O)C=C4)C(F)=C3F)cc2)c(F)c1F. The number of hydrogen-bond acceptors (Lipinski definition) is 2. The summed E-state index contributed by atoms with van der Waals surface area (Å²) in [5, 5.41) is 9.73. The molecule has 3 atom stereocenters. The summed E-state index contributed by atoms with van der Waals surface area (Å²) < 4.78 is 64.2. The summed E-state index contributed by atoms with van der Waals surface area (Å²) in [5.74, 6) is -4.38. The molecule has 6 heteroatoms. The van der Waals surface area contributed by atoms with Crippen LogP contribution in [-0.2, 0) is 12.8 Å². The highest BCUT2D eigenvalue weighted by atomic mass is 19.2. The maximum atomic E-state index is 15.1. The van der Waals surface area contributed by atoms with Crippen molar-refractivity contribution in [2.75, 3.05) is 6.61 Å². The van der Waals surface area contributed by atoms with E-state index in [1.807, 2.05) is 12.2 Å². The van der Waals surface area contributed by atoms with Gasteiger partial charge in [0, 0.05) is 17.4 Å². The highest BCUT2D eigenvalue weighted by Crippen LogP contribution is 2.41. The van der Waals surface area contributed by atoms with E-state index in [4.69, 9.17) is 4.74 Å². The predicted octanol–water partition coefficient (Wildman–Crippen LogP) is 8.14. The molecule has 0 spiro atoms. The molecule has 38 heavy (non-hydrogen) atoms. The standard InChI is InChI=1S/C32H32F4O2/c1-3-4-19-38-28-18-15-25(29(33)32(28)36)10-7-21-5-8-23(9-6-21)26-16-17-27(31(35)30(26)34)24-13-11-22(12-14-24)20(2)37/h3,5-6,8-9,11,13-16,18,20,22,27,37H,1,4,7,10,12,17,19H2,2H3. The summed E-state index contributed by atoms with van der Waals surface area (Å²) in [6.07, 6.45) is 10.6. The van der Waals surface area contributed by atoms with Crippen molar-refractivity contribution in [1.82, 2.24) is 0 Å². The van der Waals surface area contributed by atoms with Crippen molar-refractivity contribution < 1.29 is 27.4 Å². The third-order valence-electron chi connectivity index (χ3n) is 7.15. The highest BCUT2D eigenvalue weighted by Gasteiger charge is 2.29. The van der Waals surface area contributed by atoms with Crippen molar-refractivity contribution in [3.05, 3.63) is 119 Å². The summed E-state index contributed by atoms with van der Waals surface area (Å²) in [6.45, 7) is 5.50. The number of allylic oxidation sites excluding steroid dienone is 7. The van der Waals surface area contributed by atoms with E-state index in [1.165, 1.54) is 12.1 Å². The number of aryl methyl sites for hydroxylation is 2. The van der Waals surface area contributed by atoms with E-state index in [-0.39, 0.29) is 35.8 Å². The Bertz CT molecular complexity index is 1290. The van der Waals surface area contributed by atoms with Crippen molar-refractivity contribution in [2.24, 2.45) is 11.8 Å². The van der Waals surface area contributed by atoms with Gasteiger partial charge in [-0.3, -0.25) is 0 Å². The van der Waals surface area contributed by atoms with Gasteiger partial charge >= 0.3 is 0 Å². The smallest absolute Gasteiger partial charge is 0.200 e. The Hall–Kier alpha value is -3.38. The Balaban J connectivity index is 1.39. The molecule has 2 aromatic rings. The maximum Gasteiger partial charge on any atom is 0.200 e. The van der Waals surface area contributed by atoms with Gasteiger partial charge in [-0.2, -0.15) is 4.39 Å². The molecule has 2 nitrogen and oxygen atoms in total. The van der Waals surface area contributed by atoms with Gasteiger partial charge in [0.2, 0.25) is 5.82 Å². The van der Waals surface area contributed by atoms with Gasteiger partial charge in [0.1, 0.15) is 5.83 Å². The van der Waals surface area contributed by atoms with Gasteiger partial charge in [0.15, 0.2) is 17.4 Å². The molecule has 4 rings (SSSR count). The molecule has 1 N–H and O–H groups in total. The minimum absolute atomic E-state index is 0.0138. The van der Waals surface area contributed by atoms with E-state index >= 15 is 8.78 Å². The molecule has 3 unspecified atom stereocenters. The molecule has 0 aromatic heterocycles. The van der Waals surface area contributed by atoms with Gasteiger partial charge in [-0.25, -0.2) is 13.2 Å². The van der Waals surface area contributed by atoms with Crippen molar-refractivity contribution >= 4 is 5.57 Å². The van der Waals surface area contributed by atoms with E-state index in [9.17, 15) is 13.9 Å². The normalized spacial score (nSPS) is 20.2. The van der Waals surface area contributed by atoms with Crippen LogP contribution >= 0.6 is 0 Å². The van der Waals surface area contributed by atoms with Gasteiger partial charge in [-0.05, 0) is 67.4 Å². The number of aliphatic hydroxyl groups is 1. The number of benzene rings is 2. The van der Waals surface area contributed by atoms with E-state index in [1.54, 1.807) is 49.4 Å². The summed E-state index contributed by atoms with van der Waals surface area (Å²) in [5.41, 5.74) is 2.60. The van der Waals surface area contributed by atoms with Crippen molar-refractivity contribution in [2.45, 2.75) is 45.1 Å². The molecule has 0 heterocycles. The zero-order valence-corrected chi connectivity index (χ0v) is 21.4. The van der Waals surface area contributed by atoms with Crippen LogP contribution in [0.1, 0.15) is 42.9 Å². The zero-order chi connectivity index (χ0) is 27.2. The number of aliphatic hydroxyl groups excluding tert-OH is 1. The minimum Gasteiger partial charge on any atom is -0.490 e. The largest absolute Gasteiger partial charge is 0.490 e. The monoisotopic (exact) mass is 524 g/mol. The third kappa shape index (κ3) is 6.18. The second-order valence-corrected chi connectivity index (χ2v) is 9.74. The Morgan fingerprint density at radius 3 is 2.42 bits per heavy atom. The fourth-order valence-electron chi connectivity index (χ4n) is 4.77. The van der Waals surface area contributed by atoms with E-state index < -0.39 is 35.3 Å². The number of ether oxygens (including phenoxy) is 1. The van der Waals surface area contributed by atoms with Crippen LogP contribution in [-0.4, -0.2) is 17.8 Å². The Morgan fingerprint density at radius 2 is 1.76 bits per heavy atom. The quantitative estimate of drug-likeness (QED) is 0.193. The lowest BCUT2D eigenvalue weighted by Gasteiger charge is -2.25. The lowest BCUT2D eigenvalue weighted by atomic mass is 9.82. The molecule has 2 aliphatic carbocycles. The van der Waals surface area contributed by atoms with Crippen molar-refractivity contribution in [1.29, 1.82) is 0 Å². The summed E-state index contributed by atoms with van der Waals surface area (Å²) in [6, 6.07) is 9.96. The van der Waals surface area contributed by atoms with Crippen LogP contribution in [0.25, 0.3) is 5.57 Å². The van der Waals surface area contributed by atoms with Crippen LogP contribution in [0, 0.1) is 23.5 Å². The van der Waals surface area contributed by atoms with Crippen LogP contribution in [0.5, 0.6) is 5.75 Å². The molecule has 0 saturated carbocycles. The van der Waals surface area contributed by atoms with Gasteiger partial charge < -0.3 is 9.84 Å². The first-order valence-electron chi connectivity index (χ1n) is 12.9. The van der Waals surface area contributed by atoms with E-state index in [0.717, 1.165) is 11.1 Å². The van der Waals surface area contributed by atoms with Gasteiger partial charge in [-0.15, -0.1) is 6.58 Å². The Labute approximate surface area is 221 Å². The number of rotatable bonds is 10. The molecule has 2 aliphatic rings. The van der Waals surface area contributed by atoms with Crippen LogP contribution in [0.2, 0.25) is 0 Å². The molecule has 0 fully saturated rings. The lowest BCUT2D eigenvalue weighted by molar-refractivity contribution is 0.149. The van der Waals surface area contributed by atoms with Crippen LogP contribution in [0.15, 0.2) is 90.6 Å². The Morgan fingerprint density at radius 1 is 1.00 bits per heavy atom. The van der Waals surface area contributed by atoms with Crippen LogP contribution in [0.4, 0.5) is 17.6 Å². The number of halogens is 4. The van der Waals surface area contributed by atoms with Crippen LogP contribution < -0.4 is 4.74 Å². The van der Waals surface area contributed by atoms with Crippen LogP contribution in [0.3, 0.4) is 0 Å². The van der Waals surface area contributed by atoms with Gasteiger partial charge in [0.25, 0.3) is 0 Å². The van der Waals surface area contributed by atoms with Crippen molar-refractivity contribution in [3.63, 3.8) is 0 Å². The minimum atomic E-state index is -1.00. The first-order chi connectivity index (χ1) is 18.3. The summed E-state index contributed by atoms with van der Waals surface area (Å²) in [4.78, 5) is 0. The second-order valence-electron chi connectivity index (χ2n) is 9.74. The first kappa shape index (κ1) is 27.6. The molecular formula is C32H32F4O2. The zero-order valence-electron chi connectivity index (χ0n) is 21.4. The highest BCUT2D eigenvalue weighted by molar-refractivity contribution is 5.79. The average molecular weight is 525 g/mol. The average Bonchev–Trinajstić information content (AvgIpc) is 2.92. The third-order valence-corrected chi connectivity index (χ3v) is 7.15. The molecule has 0 radical (unpaired) electrons. The maximum absolute atomic E-state index is 15.1. The molecule has 2 aromatic carbocycles. The van der Waals surface area contributed by atoms with Crippen molar-refractivity contribution in [3.8, 4) is 5.75 Å². The fourth-order valence-corrected chi connectivity index (χ4v) is 4.77. The second kappa shape index (κ2) is 12.4. The molecule has 0 aliphatic heterocycles. The summed E-state index contributed by atoms with van der Waals surface area (Å²) in [7, 11) is 0. The molecule has 0 bridgehead atoms. The number of hydrogen-bond donors (Lipinski definition) is 1. The molecule has 0 amide bonds. The molecule has 0 saturated heterocycles. The van der Waals surface area contributed by atoms with Gasteiger partial charge in [-0.1, -0.05) is 60.7 Å². The molecule has 200 valence electrons. The van der Waals surface area contributed by atoms with E-state index in [0.29, 0.717) is 31.2 Å². The lowest BCUT2D eigenvalue weighted by Crippen LogP contribution is -2.18. The molecular weight excluding hydrogens is 492 g/mol.